The van der Waals surface area contributed by atoms with Crippen molar-refractivity contribution >= 4 is 17.9 Å². The molecule has 0 aliphatic rings. The van der Waals surface area contributed by atoms with E-state index in [-0.39, 0.29) is 11.3 Å². The van der Waals surface area contributed by atoms with Crippen LogP contribution in [0.3, 0.4) is 0 Å². The van der Waals surface area contributed by atoms with Gasteiger partial charge in [-0.2, -0.15) is 0 Å². The van der Waals surface area contributed by atoms with E-state index in [0.717, 1.165) is 32.4 Å². The van der Waals surface area contributed by atoms with E-state index in [1.165, 1.54) is 6.92 Å². The number of hydrogen-bond acceptors (Lipinski definition) is 4. The molecule has 0 unspecified atom stereocenters. The highest BCUT2D eigenvalue weighted by Gasteiger charge is 2.21. The monoisotopic (exact) mass is 268 g/mol. The average Bonchev–Trinajstić information content (AvgIpc) is 2.21. The largest absolute Gasteiger partial charge is 0.507 e. The van der Waals surface area contributed by atoms with E-state index in [1.54, 1.807) is 0 Å². The van der Waals surface area contributed by atoms with E-state index < -0.39 is 0 Å². The summed E-state index contributed by atoms with van der Waals surface area (Å²) in [5.74, 6) is 5.66. The number of aryl methyl sites for hydroxylation is 1. The fraction of sp³-hybridized carbons (Fsp3) is 0.462. The van der Waals surface area contributed by atoms with Crippen LogP contribution in [-0.4, -0.2) is 15.4 Å². The smallest absolute Gasteiger partial charge is 0.244 e. The fourth-order valence-corrected chi connectivity index (χ4v) is 2.30. The van der Waals surface area contributed by atoms with Crippen molar-refractivity contribution in [1.82, 2.24) is 4.41 Å². The molecule has 1 aromatic rings. The molecule has 0 aliphatic heterocycles. The van der Waals surface area contributed by atoms with Crippen molar-refractivity contribution in [2.75, 3.05) is 0 Å². The Balaban J connectivity index is 3.17. The van der Waals surface area contributed by atoms with E-state index >= 15 is 0 Å². The maximum Gasteiger partial charge on any atom is 0.244 e. The summed E-state index contributed by atoms with van der Waals surface area (Å²) < 4.78 is 1.08. The van der Waals surface area contributed by atoms with Crippen molar-refractivity contribution in [3.63, 3.8) is 0 Å². The van der Waals surface area contributed by atoms with Gasteiger partial charge in [0.2, 0.25) is 5.91 Å². The Hall–Kier alpha value is -1.20. The zero-order valence-corrected chi connectivity index (χ0v) is 12.3. The van der Waals surface area contributed by atoms with Crippen molar-refractivity contribution in [3.05, 3.63) is 23.3 Å². The molecule has 0 saturated carbocycles. The number of phenolic OH excluding ortho intramolecular Hbond substituents is 1. The Kier molecular flexibility index (Phi) is 4.29. The summed E-state index contributed by atoms with van der Waals surface area (Å²) in [5.41, 5.74) is 1.46. The molecule has 0 atom stereocenters. The number of amides is 1. The van der Waals surface area contributed by atoms with Crippen LogP contribution in [0.25, 0.3) is 0 Å². The van der Waals surface area contributed by atoms with Crippen LogP contribution in [0.4, 0.5) is 0 Å². The molecule has 0 heterocycles. The summed E-state index contributed by atoms with van der Waals surface area (Å²) >= 11 is 1.16. The number of hydrogen-bond donors (Lipinski definition) is 2. The molecule has 0 fully saturated rings. The standard InChI is InChI=1S/C13H20N2O2S/c1-8-6-10(18-15(14)9(2)16)7-11(12(8)17)13(3,4)5/h6-7,17H,14H2,1-5H3. The first kappa shape index (κ1) is 14.9. The lowest BCUT2D eigenvalue weighted by molar-refractivity contribution is -0.124. The SMILES string of the molecule is CC(=O)N(N)Sc1cc(C)c(O)c(C(C)(C)C)c1. The Labute approximate surface area is 112 Å². The third-order valence-electron chi connectivity index (χ3n) is 2.60. The summed E-state index contributed by atoms with van der Waals surface area (Å²) in [6, 6.07) is 3.69. The molecule has 5 heteroatoms. The van der Waals surface area contributed by atoms with E-state index in [4.69, 9.17) is 5.84 Å². The van der Waals surface area contributed by atoms with Gasteiger partial charge < -0.3 is 5.11 Å². The predicted octanol–water partition coefficient (Wildman–Crippen LogP) is 2.73. The van der Waals surface area contributed by atoms with Crippen molar-refractivity contribution in [2.45, 2.75) is 44.9 Å². The van der Waals surface area contributed by atoms with Crippen LogP contribution < -0.4 is 5.84 Å². The summed E-state index contributed by atoms with van der Waals surface area (Å²) in [6.45, 7) is 9.33. The highest BCUT2D eigenvalue weighted by molar-refractivity contribution is 7.97. The van der Waals surface area contributed by atoms with Gasteiger partial charge in [-0.25, -0.2) is 10.3 Å². The highest BCUT2D eigenvalue weighted by Crippen LogP contribution is 2.36. The topological polar surface area (TPSA) is 66.6 Å². The molecule has 100 valence electrons. The van der Waals surface area contributed by atoms with E-state index in [0.29, 0.717) is 5.75 Å². The number of aromatic hydroxyl groups is 1. The first-order valence-corrected chi connectivity index (χ1v) is 6.47. The van der Waals surface area contributed by atoms with Crippen LogP contribution in [-0.2, 0) is 10.2 Å². The Morgan fingerprint density at radius 2 is 1.94 bits per heavy atom. The van der Waals surface area contributed by atoms with Gasteiger partial charge in [0.1, 0.15) is 5.75 Å². The molecule has 3 N–H and O–H groups in total. The second kappa shape index (κ2) is 5.20. The first-order chi connectivity index (χ1) is 8.12. The second-order valence-electron chi connectivity index (χ2n) is 5.32. The maximum absolute atomic E-state index is 11.1. The minimum Gasteiger partial charge on any atom is -0.507 e. The predicted molar refractivity (Wildman–Crippen MR) is 74.1 cm³/mol. The molecule has 0 saturated heterocycles. The quantitative estimate of drug-likeness (QED) is 0.374. The minimum atomic E-state index is -0.219. The summed E-state index contributed by atoms with van der Waals surface area (Å²) in [6.07, 6.45) is 0. The van der Waals surface area contributed by atoms with Crippen LogP contribution in [0.2, 0.25) is 0 Å². The van der Waals surface area contributed by atoms with Gasteiger partial charge in [-0.1, -0.05) is 20.8 Å². The van der Waals surface area contributed by atoms with Gasteiger partial charge >= 0.3 is 0 Å². The highest BCUT2D eigenvalue weighted by atomic mass is 32.2. The van der Waals surface area contributed by atoms with Gasteiger partial charge in [0.05, 0.1) is 0 Å². The van der Waals surface area contributed by atoms with Crippen LogP contribution in [0, 0.1) is 6.92 Å². The normalized spacial score (nSPS) is 11.4. The maximum atomic E-state index is 11.1. The molecule has 0 spiro atoms. The number of nitrogens with zero attached hydrogens (tertiary/aromatic N) is 1. The van der Waals surface area contributed by atoms with Crippen LogP contribution in [0.5, 0.6) is 5.75 Å². The molecule has 0 bridgehead atoms. The van der Waals surface area contributed by atoms with Crippen LogP contribution in [0.1, 0.15) is 38.8 Å². The molecule has 1 rings (SSSR count). The van der Waals surface area contributed by atoms with E-state index in [1.807, 2.05) is 39.8 Å². The lowest BCUT2D eigenvalue weighted by Gasteiger charge is -2.23. The number of carbonyl (C=O) groups excluding carboxylic acids is 1. The number of hydrazine groups is 1. The molecule has 18 heavy (non-hydrogen) atoms. The Morgan fingerprint density at radius 3 is 2.39 bits per heavy atom. The van der Waals surface area contributed by atoms with Gasteiger partial charge in [0.15, 0.2) is 0 Å². The molecule has 4 nitrogen and oxygen atoms in total. The molecule has 1 aromatic carbocycles. The summed E-state index contributed by atoms with van der Waals surface area (Å²) in [7, 11) is 0. The van der Waals surface area contributed by atoms with Crippen molar-refractivity contribution in [2.24, 2.45) is 5.84 Å². The molecular weight excluding hydrogens is 248 g/mol. The van der Waals surface area contributed by atoms with E-state index in [2.05, 4.69) is 0 Å². The third-order valence-corrected chi connectivity index (χ3v) is 3.50. The zero-order valence-electron chi connectivity index (χ0n) is 11.4. The average molecular weight is 268 g/mol. The minimum absolute atomic E-state index is 0.166. The summed E-state index contributed by atoms with van der Waals surface area (Å²) in [4.78, 5) is 12.0. The van der Waals surface area contributed by atoms with Gasteiger partial charge in [-0.15, -0.1) is 0 Å². The Bertz CT molecular complexity index is 467. The van der Waals surface area contributed by atoms with Crippen molar-refractivity contribution in [3.8, 4) is 5.75 Å². The number of rotatable bonds is 2. The molecular formula is C13H20N2O2S. The first-order valence-electron chi connectivity index (χ1n) is 5.70. The van der Waals surface area contributed by atoms with Gasteiger partial charge in [0.25, 0.3) is 0 Å². The van der Waals surface area contributed by atoms with Crippen molar-refractivity contribution in [1.29, 1.82) is 0 Å². The Morgan fingerprint density at radius 1 is 1.39 bits per heavy atom. The molecule has 0 radical (unpaired) electrons. The molecule has 1 amide bonds. The van der Waals surface area contributed by atoms with Crippen LogP contribution in [0.15, 0.2) is 17.0 Å². The summed E-state index contributed by atoms with van der Waals surface area (Å²) in [5, 5.41) is 10.1. The lowest BCUT2D eigenvalue weighted by atomic mass is 9.85. The van der Waals surface area contributed by atoms with Gasteiger partial charge in [-0.3, -0.25) is 4.79 Å². The third kappa shape index (κ3) is 3.40. The number of carbonyl (C=O) groups is 1. The molecule has 0 aromatic heterocycles. The van der Waals surface area contributed by atoms with Gasteiger partial charge in [-0.05, 0) is 30.0 Å². The number of nitrogens with two attached hydrogens (primary N) is 1. The van der Waals surface area contributed by atoms with Gasteiger partial charge in [0, 0.05) is 29.3 Å². The zero-order chi connectivity index (χ0) is 14.1. The lowest BCUT2D eigenvalue weighted by Crippen LogP contribution is -2.28. The van der Waals surface area contributed by atoms with E-state index in [9.17, 15) is 9.90 Å². The van der Waals surface area contributed by atoms with Crippen LogP contribution >= 0.6 is 11.9 Å². The number of benzene rings is 1. The second-order valence-corrected chi connectivity index (χ2v) is 6.37. The molecule has 0 aliphatic carbocycles. The fourth-order valence-electron chi connectivity index (χ4n) is 1.55. The van der Waals surface area contributed by atoms with Crippen molar-refractivity contribution < 1.29 is 9.90 Å². The number of phenols is 1.